The average molecular weight is 419 g/mol. The lowest BCUT2D eigenvalue weighted by molar-refractivity contribution is -0.137. The van der Waals surface area contributed by atoms with Gasteiger partial charge in [-0.15, -0.1) is 0 Å². The summed E-state index contributed by atoms with van der Waals surface area (Å²) in [4.78, 5) is 4.80. The van der Waals surface area contributed by atoms with Crippen LogP contribution < -0.4 is 15.0 Å². The summed E-state index contributed by atoms with van der Waals surface area (Å²) < 4.78 is 44.7. The second-order valence-corrected chi connectivity index (χ2v) is 8.14. The molecule has 0 aromatic heterocycles. The van der Waals surface area contributed by atoms with Gasteiger partial charge in [0.1, 0.15) is 5.75 Å². The predicted molar refractivity (Wildman–Crippen MR) is 112 cm³/mol. The topological polar surface area (TPSA) is 27.7 Å². The maximum atomic E-state index is 13.1. The third-order valence-electron chi connectivity index (χ3n) is 6.27. The molecule has 0 amide bonds. The molecule has 2 saturated heterocycles. The van der Waals surface area contributed by atoms with E-state index in [0.29, 0.717) is 5.92 Å². The molecule has 2 atom stereocenters. The first-order chi connectivity index (χ1) is 14.4. The van der Waals surface area contributed by atoms with Crippen LogP contribution in [0, 0.1) is 5.92 Å². The number of anilines is 1. The zero-order chi connectivity index (χ0) is 21.1. The van der Waals surface area contributed by atoms with Crippen LogP contribution in [0.15, 0.2) is 48.5 Å². The molecule has 0 saturated carbocycles. The highest BCUT2D eigenvalue weighted by atomic mass is 19.4. The van der Waals surface area contributed by atoms with Gasteiger partial charge in [-0.1, -0.05) is 24.3 Å². The summed E-state index contributed by atoms with van der Waals surface area (Å²) in [5, 5.41) is 3.38. The van der Waals surface area contributed by atoms with Crippen LogP contribution in [0.2, 0.25) is 0 Å². The van der Waals surface area contributed by atoms with E-state index in [1.165, 1.54) is 17.8 Å². The Kier molecular flexibility index (Phi) is 6.20. The molecule has 0 aliphatic carbocycles. The van der Waals surface area contributed by atoms with Crippen LogP contribution >= 0.6 is 0 Å². The van der Waals surface area contributed by atoms with E-state index in [1.807, 2.05) is 18.2 Å². The van der Waals surface area contributed by atoms with Gasteiger partial charge in [0.05, 0.1) is 12.7 Å². The van der Waals surface area contributed by atoms with Crippen LogP contribution in [0.5, 0.6) is 5.75 Å². The van der Waals surface area contributed by atoms with E-state index < -0.39 is 11.7 Å². The molecule has 162 valence electrons. The second-order valence-electron chi connectivity index (χ2n) is 8.14. The molecule has 4 nitrogen and oxygen atoms in total. The Balaban J connectivity index is 1.37. The van der Waals surface area contributed by atoms with Gasteiger partial charge in [0.15, 0.2) is 0 Å². The van der Waals surface area contributed by atoms with Crippen molar-refractivity contribution in [2.45, 2.75) is 12.1 Å². The molecule has 2 unspecified atom stereocenters. The van der Waals surface area contributed by atoms with Crippen LogP contribution in [0.4, 0.5) is 18.9 Å². The second kappa shape index (κ2) is 8.86. The molecule has 1 N–H and O–H groups in total. The Morgan fingerprint density at radius 2 is 1.77 bits per heavy atom. The van der Waals surface area contributed by atoms with Crippen molar-refractivity contribution in [3.63, 3.8) is 0 Å². The van der Waals surface area contributed by atoms with Crippen LogP contribution in [0.3, 0.4) is 0 Å². The van der Waals surface area contributed by atoms with Crippen molar-refractivity contribution in [3.8, 4) is 5.75 Å². The first-order valence-electron chi connectivity index (χ1n) is 10.4. The Morgan fingerprint density at radius 1 is 1.00 bits per heavy atom. The molecule has 0 radical (unpaired) electrons. The van der Waals surface area contributed by atoms with Crippen molar-refractivity contribution in [3.05, 3.63) is 59.7 Å². The average Bonchev–Trinajstić information content (AvgIpc) is 3.22. The fraction of sp³-hybridized carbons (Fsp3) is 0.478. The maximum Gasteiger partial charge on any atom is 0.416 e. The van der Waals surface area contributed by atoms with Gasteiger partial charge >= 0.3 is 6.18 Å². The highest BCUT2D eigenvalue weighted by Gasteiger charge is 2.34. The minimum absolute atomic E-state index is 0.115. The van der Waals surface area contributed by atoms with Gasteiger partial charge in [-0.25, -0.2) is 0 Å². The van der Waals surface area contributed by atoms with Gasteiger partial charge in [-0.3, -0.25) is 4.90 Å². The fourth-order valence-electron chi connectivity index (χ4n) is 4.59. The van der Waals surface area contributed by atoms with Gasteiger partial charge < -0.3 is 15.0 Å². The number of hydrogen-bond donors (Lipinski definition) is 1. The van der Waals surface area contributed by atoms with Crippen molar-refractivity contribution in [2.24, 2.45) is 5.92 Å². The van der Waals surface area contributed by atoms with Crippen molar-refractivity contribution in [1.82, 2.24) is 10.2 Å². The predicted octanol–water partition coefficient (Wildman–Crippen LogP) is 3.84. The zero-order valence-corrected chi connectivity index (χ0v) is 17.2. The molecule has 2 aliphatic rings. The van der Waals surface area contributed by atoms with E-state index in [9.17, 15) is 13.2 Å². The van der Waals surface area contributed by atoms with Crippen molar-refractivity contribution >= 4 is 5.69 Å². The first-order valence-corrected chi connectivity index (χ1v) is 10.4. The molecule has 2 fully saturated rings. The Bertz CT molecular complexity index is 850. The largest absolute Gasteiger partial charge is 0.497 e. The van der Waals surface area contributed by atoms with Crippen LogP contribution in [0.25, 0.3) is 0 Å². The third-order valence-corrected chi connectivity index (χ3v) is 6.27. The molecule has 2 aromatic carbocycles. The number of nitrogens with one attached hydrogen (secondary N) is 1. The lowest BCUT2D eigenvalue weighted by atomic mass is 9.87. The van der Waals surface area contributed by atoms with Crippen LogP contribution in [0.1, 0.15) is 17.0 Å². The van der Waals surface area contributed by atoms with E-state index in [2.05, 4.69) is 27.2 Å². The van der Waals surface area contributed by atoms with Gasteiger partial charge in [0.25, 0.3) is 0 Å². The van der Waals surface area contributed by atoms with Gasteiger partial charge in [0.2, 0.25) is 0 Å². The number of ether oxygens (including phenoxy) is 1. The summed E-state index contributed by atoms with van der Waals surface area (Å²) in [5.74, 6) is 1.29. The number of benzene rings is 2. The first kappa shape index (κ1) is 21.0. The monoisotopic (exact) mass is 419 g/mol. The number of hydrogen-bond acceptors (Lipinski definition) is 4. The Morgan fingerprint density at radius 3 is 2.50 bits per heavy atom. The number of alkyl halides is 3. The molecule has 2 aromatic rings. The Labute approximate surface area is 175 Å². The lowest BCUT2D eigenvalue weighted by Gasteiger charge is -2.38. The van der Waals surface area contributed by atoms with E-state index in [-0.39, 0.29) is 5.92 Å². The van der Waals surface area contributed by atoms with E-state index in [0.717, 1.165) is 63.2 Å². The molecule has 4 rings (SSSR count). The summed E-state index contributed by atoms with van der Waals surface area (Å²) in [6, 6.07) is 13.9. The molecule has 2 aliphatic heterocycles. The van der Waals surface area contributed by atoms with E-state index >= 15 is 0 Å². The van der Waals surface area contributed by atoms with E-state index in [4.69, 9.17) is 4.74 Å². The number of nitrogens with zero attached hydrogens (tertiary/aromatic N) is 2. The highest BCUT2D eigenvalue weighted by Crippen LogP contribution is 2.34. The van der Waals surface area contributed by atoms with Gasteiger partial charge in [0, 0.05) is 56.9 Å². The molecular formula is C23H28F3N3O. The minimum atomic E-state index is -4.30. The number of methoxy groups -OCH3 is 1. The number of halogens is 3. The summed E-state index contributed by atoms with van der Waals surface area (Å²) >= 11 is 0. The lowest BCUT2D eigenvalue weighted by Crippen LogP contribution is -2.48. The number of piperazine rings is 1. The Hall–Kier alpha value is -2.25. The number of rotatable bonds is 5. The van der Waals surface area contributed by atoms with Crippen molar-refractivity contribution in [2.75, 3.05) is 57.8 Å². The molecule has 30 heavy (non-hydrogen) atoms. The SMILES string of the molecule is COc1cccc(N2CCN(CC3CNCC3c3cccc(C(F)(F)F)c3)CC2)c1. The molecule has 2 heterocycles. The smallest absolute Gasteiger partial charge is 0.416 e. The molecular weight excluding hydrogens is 391 g/mol. The maximum absolute atomic E-state index is 13.1. The van der Waals surface area contributed by atoms with Gasteiger partial charge in [-0.2, -0.15) is 13.2 Å². The minimum Gasteiger partial charge on any atom is -0.497 e. The summed E-state index contributed by atoms with van der Waals surface area (Å²) in [5.41, 5.74) is 1.39. The quantitative estimate of drug-likeness (QED) is 0.797. The van der Waals surface area contributed by atoms with Crippen LogP contribution in [-0.2, 0) is 6.18 Å². The highest BCUT2D eigenvalue weighted by molar-refractivity contribution is 5.51. The molecule has 0 bridgehead atoms. The fourth-order valence-corrected chi connectivity index (χ4v) is 4.59. The summed E-state index contributed by atoms with van der Waals surface area (Å²) in [6.45, 7) is 6.24. The molecule has 0 spiro atoms. The van der Waals surface area contributed by atoms with Crippen LogP contribution in [-0.4, -0.2) is 57.8 Å². The van der Waals surface area contributed by atoms with Crippen molar-refractivity contribution < 1.29 is 17.9 Å². The van der Waals surface area contributed by atoms with Gasteiger partial charge in [-0.05, 0) is 36.2 Å². The van der Waals surface area contributed by atoms with Crippen molar-refractivity contribution in [1.29, 1.82) is 0 Å². The third kappa shape index (κ3) is 4.73. The molecule has 7 heteroatoms. The summed E-state index contributed by atoms with van der Waals surface area (Å²) in [7, 11) is 1.67. The zero-order valence-electron chi connectivity index (χ0n) is 17.2. The summed E-state index contributed by atoms with van der Waals surface area (Å²) in [6.07, 6.45) is -4.30. The van der Waals surface area contributed by atoms with E-state index in [1.54, 1.807) is 7.11 Å². The normalized spacial score (nSPS) is 23.0. The standard InChI is InChI=1S/C23H28F3N3O/c1-30-21-7-3-6-20(13-21)29-10-8-28(9-11-29)16-18-14-27-15-22(18)17-4-2-5-19(12-17)23(24,25)26/h2-7,12-13,18,22,27H,8-11,14-16H2,1H3.